The second-order valence-corrected chi connectivity index (χ2v) is 6.42. The molecule has 3 aromatic rings. The van der Waals surface area contributed by atoms with Crippen molar-refractivity contribution in [3.8, 4) is 11.3 Å². The van der Waals surface area contributed by atoms with Gasteiger partial charge in [-0.25, -0.2) is 4.98 Å². The molecule has 0 aliphatic rings. The molecule has 24 heavy (non-hydrogen) atoms. The third-order valence-corrected chi connectivity index (χ3v) is 4.45. The van der Waals surface area contributed by atoms with Gasteiger partial charge in [-0.1, -0.05) is 37.3 Å². The number of esters is 1. The van der Waals surface area contributed by atoms with Crippen molar-refractivity contribution in [1.29, 1.82) is 0 Å². The first kappa shape index (κ1) is 16.7. The maximum atomic E-state index is 12.5. The predicted octanol–water partition coefficient (Wildman–Crippen LogP) is 4.82. The number of ether oxygens (including phenoxy) is 1. The maximum Gasteiger partial charge on any atom is 0.315 e. The van der Waals surface area contributed by atoms with Crippen LogP contribution in [-0.2, 0) is 9.53 Å². The number of nitrogens with zero attached hydrogens (tertiary/aromatic N) is 2. The standard InChI is InChI=1S/C19H19BrN2O2/c1-3-15(19(23)24-4-2)18-17(13-8-6-5-7-9-13)21-16-11-10-14(20)12-22(16)18/h5-12,15H,3-4H2,1-2H3. The molecule has 0 aliphatic heterocycles. The van der Waals surface area contributed by atoms with Gasteiger partial charge in [0.25, 0.3) is 0 Å². The van der Waals surface area contributed by atoms with Crippen LogP contribution in [0.15, 0.2) is 53.1 Å². The minimum Gasteiger partial charge on any atom is -0.465 e. The molecule has 0 bridgehead atoms. The van der Waals surface area contributed by atoms with Crippen LogP contribution >= 0.6 is 15.9 Å². The van der Waals surface area contributed by atoms with Gasteiger partial charge in [0, 0.05) is 16.2 Å². The van der Waals surface area contributed by atoms with E-state index in [0.29, 0.717) is 13.0 Å². The monoisotopic (exact) mass is 386 g/mol. The lowest BCUT2D eigenvalue weighted by atomic mass is 9.97. The Morgan fingerprint density at radius 3 is 2.62 bits per heavy atom. The Morgan fingerprint density at radius 2 is 1.96 bits per heavy atom. The summed E-state index contributed by atoms with van der Waals surface area (Å²) in [6.45, 7) is 4.19. The fourth-order valence-electron chi connectivity index (χ4n) is 2.89. The molecule has 1 unspecified atom stereocenters. The molecule has 0 saturated heterocycles. The number of carbonyl (C=O) groups is 1. The van der Waals surface area contributed by atoms with E-state index in [-0.39, 0.29) is 11.9 Å². The molecule has 124 valence electrons. The van der Waals surface area contributed by atoms with E-state index in [9.17, 15) is 4.79 Å². The molecule has 0 aliphatic carbocycles. The number of fused-ring (bicyclic) bond motifs is 1. The van der Waals surface area contributed by atoms with Crippen LogP contribution in [0.25, 0.3) is 16.9 Å². The molecule has 1 atom stereocenters. The average Bonchev–Trinajstić information content (AvgIpc) is 2.95. The zero-order valence-corrected chi connectivity index (χ0v) is 15.3. The van der Waals surface area contributed by atoms with Gasteiger partial charge in [-0.2, -0.15) is 0 Å². The molecule has 0 fully saturated rings. The fraction of sp³-hybridized carbons (Fsp3) is 0.263. The third kappa shape index (κ3) is 3.08. The van der Waals surface area contributed by atoms with Crippen LogP contribution in [0.3, 0.4) is 0 Å². The van der Waals surface area contributed by atoms with E-state index in [1.165, 1.54) is 0 Å². The molecule has 2 heterocycles. The number of imidazole rings is 1. The summed E-state index contributed by atoms with van der Waals surface area (Å²) >= 11 is 3.51. The van der Waals surface area contributed by atoms with Crippen molar-refractivity contribution < 1.29 is 9.53 Å². The predicted molar refractivity (Wildman–Crippen MR) is 98.0 cm³/mol. The summed E-state index contributed by atoms with van der Waals surface area (Å²) in [4.78, 5) is 17.3. The van der Waals surface area contributed by atoms with Crippen molar-refractivity contribution in [2.75, 3.05) is 6.61 Å². The lowest BCUT2D eigenvalue weighted by Gasteiger charge is -2.15. The van der Waals surface area contributed by atoms with Gasteiger partial charge >= 0.3 is 5.97 Å². The second-order valence-electron chi connectivity index (χ2n) is 5.50. The Bertz CT molecular complexity index is 858. The lowest BCUT2D eigenvalue weighted by molar-refractivity contribution is -0.145. The number of carbonyl (C=O) groups excluding carboxylic acids is 1. The summed E-state index contributed by atoms with van der Waals surface area (Å²) in [5, 5.41) is 0. The van der Waals surface area contributed by atoms with E-state index in [0.717, 1.165) is 27.1 Å². The average molecular weight is 387 g/mol. The van der Waals surface area contributed by atoms with Crippen LogP contribution in [0, 0.1) is 0 Å². The number of halogens is 1. The van der Waals surface area contributed by atoms with Crippen LogP contribution in [0.1, 0.15) is 31.9 Å². The molecule has 4 nitrogen and oxygen atoms in total. The van der Waals surface area contributed by atoms with E-state index in [1.54, 1.807) is 0 Å². The molecule has 0 spiro atoms. The molecule has 0 radical (unpaired) electrons. The van der Waals surface area contributed by atoms with Crippen molar-refractivity contribution in [1.82, 2.24) is 9.38 Å². The summed E-state index contributed by atoms with van der Waals surface area (Å²) in [6, 6.07) is 13.8. The largest absolute Gasteiger partial charge is 0.465 e. The van der Waals surface area contributed by atoms with E-state index in [2.05, 4.69) is 15.9 Å². The summed E-state index contributed by atoms with van der Waals surface area (Å²) in [5.41, 5.74) is 3.51. The molecule has 0 amide bonds. The van der Waals surface area contributed by atoms with Gasteiger partial charge in [0.1, 0.15) is 5.65 Å². The SMILES string of the molecule is CCOC(=O)C(CC)c1c(-c2ccccc2)nc2ccc(Br)cn12. The van der Waals surface area contributed by atoms with Crippen molar-refractivity contribution >= 4 is 27.5 Å². The number of aromatic nitrogens is 2. The second kappa shape index (κ2) is 7.18. The zero-order valence-electron chi connectivity index (χ0n) is 13.7. The summed E-state index contributed by atoms with van der Waals surface area (Å²) < 4.78 is 8.22. The first-order valence-corrected chi connectivity index (χ1v) is 8.84. The Kier molecular flexibility index (Phi) is 5.00. The Hall–Kier alpha value is -2.14. The number of hydrogen-bond acceptors (Lipinski definition) is 3. The lowest BCUT2D eigenvalue weighted by Crippen LogP contribution is -2.17. The Morgan fingerprint density at radius 1 is 1.21 bits per heavy atom. The zero-order chi connectivity index (χ0) is 17.1. The van der Waals surface area contributed by atoms with Crippen LogP contribution in [-0.4, -0.2) is 22.0 Å². The molecule has 0 saturated carbocycles. The first-order chi connectivity index (χ1) is 11.7. The Balaban J connectivity index is 2.26. The minimum absolute atomic E-state index is 0.209. The highest BCUT2D eigenvalue weighted by Gasteiger charge is 2.28. The van der Waals surface area contributed by atoms with Gasteiger partial charge < -0.3 is 9.14 Å². The topological polar surface area (TPSA) is 43.6 Å². The van der Waals surface area contributed by atoms with Gasteiger partial charge in [-0.3, -0.25) is 4.79 Å². The number of benzene rings is 1. The number of hydrogen-bond donors (Lipinski definition) is 0. The van der Waals surface area contributed by atoms with E-state index in [1.807, 2.05) is 66.9 Å². The highest BCUT2D eigenvalue weighted by atomic mass is 79.9. The van der Waals surface area contributed by atoms with Crippen molar-refractivity contribution in [3.63, 3.8) is 0 Å². The summed E-state index contributed by atoms with van der Waals surface area (Å²) in [7, 11) is 0. The molecule has 3 rings (SSSR count). The van der Waals surface area contributed by atoms with Crippen molar-refractivity contribution in [2.45, 2.75) is 26.2 Å². The Labute approximate surface area is 149 Å². The smallest absolute Gasteiger partial charge is 0.315 e. The highest BCUT2D eigenvalue weighted by molar-refractivity contribution is 9.10. The summed E-state index contributed by atoms with van der Waals surface area (Å²) in [5.74, 6) is -0.566. The molecular formula is C19H19BrN2O2. The van der Waals surface area contributed by atoms with Crippen molar-refractivity contribution in [3.05, 3.63) is 58.8 Å². The summed E-state index contributed by atoms with van der Waals surface area (Å²) in [6.07, 6.45) is 2.60. The molecule has 1 aromatic carbocycles. The van der Waals surface area contributed by atoms with Crippen LogP contribution in [0.5, 0.6) is 0 Å². The number of pyridine rings is 1. The fourth-order valence-corrected chi connectivity index (χ4v) is 3.23. The maximum absolute atomic E-state index is 12.5. The van der Waals surface area contributed by atoms with Gasteiger partial charge in [0.2, 0.25) is 0 Å². The first-order valence-electron chi connectivity index (χ1n) is 8.05. The highest BCUT2D eigenvalue weighted by Crippen LogP contribution is 2.33. The van der Waals surface area contributed by atoms with E-state index in [4.69, 9.17) is 9.72 Å². The molecule has 2 aromatic heterocycles. The van der Waals surface area contributed by atoms with Crippen molar-refractivity contribution in [2.24, 2.45) is 0 Å². The minimum atomic E-state index is -0.357. The molecular weight excluding hydrogens is 368 g/mol. The van der Waals surface area contributed by atoms with E-state index >= 15 is 0 Å². The molecule has 0 N–H and O–H groups in total. The van der Waals surface area contributed by atoms with Gasteiger partial charge in [-0.05, 0) is 41.4 Å². The van der Waals surface area contributed by atoms with E-state index < -0.39 is 0 Å². The van der Waals surface area contributed by atoms with Crippen LogP contribution < -0.4 is 0 Å². The third-order valence-electron chi connectivity index (χ3n) is 3.98. The quantitative estimate of drug-likeness (QED) is 0.590. The van der Waals surface area contributed by atoms with Gasteiger partial charge in [0.05, 0.1) is 23.9 Å². The van der Waals surface area contributed by atoms with Gasteiger partial charge in [-0.15, -0.1) is 0 Å². The number of rotatable bonds is 5. The molecule has 5 heteroatoms. The van der Waals surface area contributed by atoms with Gasteiger partial charge in [0.15, 0.2) is 0 Å². The van der Waals surface area contributed by atoms with Crippen LogP contribution in [0.4, 0.5) is 0 Å². The normalized spacial score (nSPS) is 12.3. The van der Waals surface area contributed by atoms with Crippen LogP contribution in [0.2, 0.25) is 0 Å².